The van der Waals surface area contributed by atoms with Crippen LogP contribution in [0.5, 0.6) is 0 Å². The van der Waals surface area contributed by atoms with Gasteiger partial charge in [0.25, 0.3) is 0 Å². The number of hydrogen-bond acceptors (Lipinski definition) is 4. The fourth-order valence-electron chi connectivity index (χ4n) is 1.36. The molecule has 1 N–H and O–H groups in total. The van der Waals surface area contributed by atoms with Crippen molar-refractivity contribution >= 4 is 14.8 Å². The van der Waals surface area contributed by atoms with Crippen LogP contribution in [0.1, 0.15) is 13.8 Å². The minimum absolute atomic E-state index is 0.200. The molecule has 0 aliphatic heterocycles. The van der Waals surface area contributed by atoms with Gasteiger partial charge in [-0.1, -0.05) is 13.0 Å². The van der Waals surface area contributed by atoms with Gasteiger partial charge in [0.15, 0.2) is 0 Å². The molecule has 0 aliphatic carbocycles. The SMILES string of the molecule is CO[Si](OC)(OC)C(C)C=C(C)C(=O)O. The molecule has 6 heteroatoms. The monoisotopic (exact) mass is 234 g/mol. The third-order valence-electron chi connectivity index (χ3n) is 2.25. The van der Waals surface area contributed by atoms with Gasteiger partial charge in [-0.25, -0.2) is 4.79 Å². The van der Waals surface area contributed by atoms with Gasteiger partial charge < -0.3 is 18.4 Å². The summed E-state index contributed by atoms with van der Waals surface area (Å²) in [6, 6.07) is 0. The highest BCUT2D eigenvalue weighted by atomic mass is 28.4. The van der Waals surface area contributed by atoms with Crippen LogP contribution in [0.15, 0.2) is 11.6 Å². The van der Waals surface area contributed by atoms with Crippen LogP contribution in [0.3, 0.4) is 0 Å². The molecule has 1 atom stereocenters. The van der Waals surface area contributed by atoms with Gasteiger partial charge in [0, 0.05) is 32.4 Å². The van der Waals surface area contributed by atoms with E-state index in [0.717, 1.165) is 0 Å². The van der Waals surface area contributed by atoms with Gasteiger partial charge in [0.1, 0.15) is 0 Å². The quantitative estimate of drug-likeness (QED) is 0.554. The summed E-state index contributed by atoms with van der Waals surface area (Å²) >= 11 is 0. The molecule has 0 heterocycles. The van der Waals surface area contributed by atoms with E-state index in [9.17, 15) is 4.79 Å². The van der Waals surface area contributed by atoms with Crippen molar-refractivity contribution in [3.63, 3.8) is 0 Å². The van der Waals surface area contributed by atoms with E-state index in [0.29, 0.717) is 0 Å². The number of carboxylic acids is 1. The van der Waals surface area contributed by atoms with Crippen LogP contribution in [0.4, 0.5) is 0 Å². The molecule has 0 fully saturated rings. The Morgan fingerprint density at radius 2 is 1.67 bits per heavy atom. The van der Waals surface area contributed by atoms with Crippen LogP contribution in [-0.4, -0.2) is 41.2 Å². The van der Waals surface area contributed by atoms with Gasteiger partial charge in [-0.2, -0.15) is 0 Å². The molecule has 0 aliphatic rings. The molecule has 0 bridgehead atoms. The molecule has 0 saturated heterocycles. The maximum absolute atomic E-state index is 10.7. The Hall–Kier alpha value is -0.693. The van der Waals surface area contributed by atoms with Crippen molar-refractivity contribution in [1.82, 2.24) is 0 Å². The predicted octanol–water partition coefficient (Wildman–Crippen LogP) is 1.29. The summed E-state index contributed by atoms with van der Waals surface area (Å²) in [5.41, 5.74) is 0.0547. The molecule has 0 radical (unpaired) electrons. The minimum atomic E-state index is -2.77. The Labute approximate surface area is 91.0 Å². The Bertz CT molecular complexity index is 239. The first-order valence-electron chi connectivity index (χ1n) is 4.50. The second-order valence-corrected chi connectivity index (χ2v) is 6.50. The number of carbonyl (C=O) groups is 1. The zero-order valence-corrected chi connectivity index (χ0v) is 10.7. The summed E-state index contributed by atoms with van der Waals surface area (Å²) in [5.74, 6) is -0.951. The van der Waals surface area contributed by atoms with Crippen molar-refractivity contribution < 1.29 is 23.2 Å². The molecule has 88 valence electrons. The number of aliphatic carboxylic acids is 1. The summed E-state index contributed by atoms with van der Waals surface area (Å²) < 4.78 is 15.7. The number of carboxylic acid groups (broad SMARTS) is 1. The second-order valence-electron chi connectivity index (χ2n) is 3.16. The molecule has 5 nitrogen and oxygen atoms in total. The summed E-state index contributed by atoms with van der Waals surface area (Å²) in [6.45, 7) is 3.34. The van der Waals surface area contributed by atoms with Gasteiger partial charge in [-0.15, -0.1) is 0 Å². The zero-order chi connectivity index (χ0) is 12.1. The lowest BCUT2D eigenvalue weighted by Crippen LogP contribution is -2.46. The minimum Gasteiger partial charge on any atom is -0.478 e. The first kappa shape index (κ1) is 14.3. The molecule has 15 heavy (non-hydrogen) atoms. The first-order chi connectivity index (χ1) is 6.93. The smallest absolute Gasteiger partial charge is 0.478 e. The third kappa shape index (κ3) is 3.42. The molecule has 0 rings (SSSR count). The fourth-order valence-corrected chi connectivity index (χ4v) is 3.43. The summed E-state index contributed by atoms with van der Waals surface area (Å²) in [6.07, 6.45) is 1.59. The van der Waals surface area contributed by atoms with E-state index in [1.54, 1.807) is 6.08 Å². The average Bonchev–Trinajstić information content (AvgIpc) is 2.21. The van der Waals surface area contributed by atoms with Crippen LogP contribution in [-0.2, 0) is 18.1 Å². The first-order valence-corrected chi connectivity index (χ1v) is 6.30. The van der Waals surface area contributed by atoms with E-state index in [4.69, 9.17) is 18.4 Å². The van der Waals surface area contributed by atoms with Crippen molar-refractivity contribution in [1.29, 1.82) is 0 Å². The van der Waals surface area contributed by atoms with Crippen molar-refractivity contribution in [3.05, 3.63) is 11.6 Å². The Kier molecular flexibility index (Phi) is 5.74. The summed E-state index contributed by atoms with van der Waals surface area (Å²) in [7, 11) is 1.73. The van der Waals surface area contributed by atoms with Gasteiger partial charge in [0.05, 0.1) is 0 Å². The summed E-state index contributed by atoms with van der Waals surface area (Å²) in [5, 5.41) is 8.74. The van der Waals surface area contributed by atoms with E-state index >= 15 is 0 Å². The van der Waals surface area contributed by atoms with E-state index in [-0.39, 0.29) is 11.1 Å². The molecule has 0 amide bonds. The Balaban J connectivity index is 4.87. The van der Waals surface area contributed by atoms with Gasteiger partial charge >= 0.3 is 14.8 Å². The lowest BCUT2D eigenvalue weighted by molar-refractivity contribution is -0.132. The van der Waals surface area contributed by atoms with Crippen LogP contribution in [0, 0.1) is 0 Å². The van der Waals surface area contributed by atoms with Crippen molar-refractivity contribution in [2.75, 3.05) is 21.3 Å². The number of allylic oxidation sites excluding steroid dienone is 1. The fraction of sp³-hybridized carbons (Fsp3) is 0.667. The molecule has 0 spiro atoms. The predicted molar refractivity (Wildman–Crippen MR) is 57.6 cm³/mol. The van der Waals surface area contributed by atoms with Gasteiger partial charge in [0.2, 0.25) is 0 Å². The summed E-state index contributed by atoms with van der Waals surface area (Å²) in [4.78, 5) is 10.7. The lowest BCUT2D eigenvalue weighted by Gasteiger charge is -2.28. The largest absolute Gasteiger partial charge is 0.507 e. The molecule has 0 saturated carbocycles. The molecule has 0 aromatic rings. The van der Waals surface area contributed by atoms with Crippen LogP contribution in [0.2, 0.25) is 5.54 Å². The van der Waals surface area contributed by atoms with Crippen molar-refractivity contribution in [2.24, 2.45) is 0 Å². The maximum Gasteiger partial charge on any atom is 0.507 e. The van der Waals surface area contributed by atoms with Crippen LogP contribution < -0.4 is 0 Å². The lowest BCUT2D eigenvalue weighted by atomic mass is 10.2. The second kappa shape index (κ2) is 6.01. The van der Waals surface area contributed by atoms with Crippen LogP contribution >= 0.6 is 0 Å². The topological polar surface area (TPSA) is 65.0 Å². The molecular formula is C9H18O5Si. The van der Waals surface area contributed by atoms with E-state index in [1.807, 2.05) is 6.92 Å². The third-order valence-corrected chi connectivity index (χ3v) is 5.24. The molecular weight excluding hydrogens is 216 g/mol. The zero-order valence-electron chi connectivity index (χ0n) is 9.73. The van der Waals surface area contributed by atoms with Crippen LogP contribution in [0.25, 0.3) is 0 Å². The number of rotatable bonds is 6. The van der Waals surface area contributed by atoms with Gasteiger partial charge in [-0.3, -0.25) is 0 Å². The Morgan fingerprint density at radius 1 is 1.27 bits per heavy atom. The highest BCUT2D eigenvalue weighted by molar-refractivity contribution is 6.62. The highest BCUT2D eigenvalue weighted by Gasteiger charge is 2.43. The van der Waals surface area contributed by atoms with E-state index in [2.05, 4.69) is 0 Å². The van der Waals surface area contributed by atoms with E-state index in [1.165, 1.54) is 28.3 Å². The van der Waals surface area contributed by atoms with Crippen molar-refractivity contribution in [2.45, 2.75) is 19.4 Å². The molecule has 0 aromatic carbocycles. The maximum atomic E-state index is 10.7. The van der Waals surface area contributed by atoms with E-state index < -0.39 is 14.8 Å². The molecule has 1 unspecified atom stereocenters. The Morgan fingerprint density at radius 3 is 1.93 bits per heavy atom. The average molecular weight is 234 g/mol. The van der Waals surface area contributed by atoms with Gasteiger partial charge in [-0.05, 0) is 6.92 Å². The standard InChI is InChI=1S/C9H18O5Si/c1-7(9(10)11)6-8(2)15(12-3,13-4)14-5/h6,8H,1-5H3,(H,10,11). The normalized spacial score (nSPS) is 15.1. The number of hydrogen-bond donors (Lipinski definition) is 1. The molecule has 0 aromatic heterocycles. The van der Waals surface area contributed by atoms with Crippen molar-refractivity contribution in [3.8, 4) is 0 Å². The highest BCUT2D eigenvalue weighted by Crippen LogP contribution is 2.25.